The first-order valence-electron chi connectivity index (χ1n) is 5.97. The lowest BCUT2D eigenvalue weighted by atomic mass is 9.69. The van der Waals surface area contributed by atoms with E-state index < -0.39 is 0 Å². The van der Waals surface area contributed by atoms with E-state index in [-0.39, 0.29) is 5.41 Å². The van der Waals surface area contributed by atoms with Gasteiger partial charge >= 0.3 is 0 Å². The molecular weight excluding hydrogens is 200 g/mol. The van der Waals surface area contributed by atoms with Gasteiger partial charge in [0.05, 0.1) is 24.3 Å². The van der Waals surface area contributed by atoms with E-state index in [9.17, 15) is 0 Å². The largest absolute Gasteiger partial charge is 0.379 e. The maximum atomic E-state index is 5.45. The van der Waals surface area contributed by atoms with Gasteiger partial charge in [0, 0.05) is 6.20 Å². The number of ether oxygens (including phenoxy) is 1. The van der Waals surface area contributed by atoms with E-state index in [0.717, 1.165) is 26.2 Å². The molecular formula is C13H20N2O. The third-order valence-electron chi connectivity index (χ3n) is 3.62. The highest BCUT2D eigenvalue weighted by Crippen LogP contribution is 2.39. The fraction of sp³-hybridized carbons (Fsp3) is 0.615. The van der Waals surface area contributed by atoms with Crippen molar-refractivity contribution in [3.05, 3.63) is 30.1 Å². The minimum Gasteiger partial charge on any atom is -0.379 e. The lowest BCUT2D eigenvalue weighted by Crippen LogP contribution is -2.55. The van der Waals surface area contributed by atoms with Gasteiger partial charge in [-0.15, -0.1) is 0 Å². The molecule has 1 N–H and O–H groups in total. The Morgan fingerprint density at radius 3 is 2.75 bits per heavy atom. The van der Waals surface area contributed by atoms with Crippen molar-refractivity contribution in [1.82, 2.24) is 10.3 Å². The highest BCUT2D eigenvalue weighted by Gasteiger charge is 2.46. The van der Waals surface area contributed by atoms with Crippen molar-refractivity contribution in [2.24, 2.45) is 5.92 Å². The van der Waals surface area contributed by atoms with Crippen molar-refractivity contribution >= 4 is 0 Å². The first-order valence-corrected chi connectivity index (χ1v) is 5.97. The van der Waals surface area contributed by atoms with E-state index in [1.165, 1.54) is 5.69 Å². The molecule has 3 heteroatoms. The van der Waals surface area contributed by atoms with Crippen LogP contribution >= 0.6 is 0 Å². The molecule has 0 aliphatic carbocycles. The van der Waals surface area contributed by atoms with Gasteiger partial charge in [0.1, 0.15) is 0 Å². The quantitative estimate of drug-likeness (QED) is 0.818. The molecule has 1 aromatic rings. The zero-order chi connectivity index (χ0) is 11.4. The Kier molecular flexibility index (Phi) is 3.56. The summed E-state index contributed by atoms with van der Waals surface area (Å²) in [6.07, 6.45) is 3.03. The van der Waals surface area contributed by atoms with Crippen molar-refractivity contribution in [3.63, 3.8) is 0 Å². The summed E-state index contributed by atoms with van der Waals surface area (Å²) in [5.74, 6) is 0.598. The molecule has 1 unspecified atom stereocenters. The molecule has 0 bridgehead atoms. The SMILES string of the molecule is CCC(CNC)C1(c2ccccn2)COC1. The van der Waals surface area contributed by atoms with Gasteiger partial charge < -0.3 is 10.1 Å². The van der Waals surface area contributed by atoms with E-state index in [0.29, 0.717) is 5.92 Å². The lowest BCUT2D eigenvalue weighted by molar-refractivity contribution is -0.0931. The molecule has 0 amide bonds. The number of nitrogens with zero attached hydrogens (tertiary/aromatic N) is 1. The molecule has 2 rings (SSSR count). The van der Waals surface area contributed by atoms with Gasteiger partial charge in [0.15, 0.2) is 0 Å². The van der Waals surface area contributed by atoms with Crippen molar-refractivity contribution in [3.8, 4) is 0 Å². The Hall–Kier alpha value is -0.930. The third-order valence-corrected chi connectivity index (χ3v) is 3.62. The predicted octanol–water partition coefficient (Wildman–Crippen LogP) is 1.60. The van der Waals surface area contributed by atoms with E-state index >= 15 is 0 Å². The summed E-state index contributed by atoms with van der Waals surface area (Å²) in [5.41, 5.74) is 1.32. The third kappa shape index (κ3) is 1.85. The molecule has 2 heterocycles. The van der Waals surface area contributed by atoms with E-state index in [4.69, 9.17) is 4.74 Å². The molecule has 1 aliphatic rings. The zero-order valence-electron chi connectivity index (χ0n) is 10.1. The number of pyridine rings is 1. The van der Waals surface area contributed by atoms with Crippen LogP contribution in [-0.4, -0.2) is 31.8 Å². The van der Waals surface area contributed by atoms with Crippen molar-refractivity contribution in [2.75, 3.05) is 26.8 Å². The summed E-state index contributed by atoms with van der Waals surface area (Å²) in [7, 11) is 2.01. The minimum absolute atomic E-state index is 0.138. The number of aromatic nitrogens is 1. The second-order valence-electron chi connectivity index (χ2n) is 4.53. The smallest absolute Gasteiger partial charge is 0.0633 e. The first kappa shape index (κ1) is 11.6. The molecule has 1 saturated heterocycles. The normalized spacial score (nSPS) is 20.1. The molecule has 88 valence electrons. The summed E-state index contributed by atoms with van der Waals surface area (Å²) in [6, 6.07) is 6.16. The van der Waals surface area contributed by atoms with Crippen LogP contribution in [0, 0.1) is 5.92 Å². The number of hydrogen-bond donors (Lipinski definition) is 1. The minimum atomic E-state index is 0.138. The highest BCUT2D eigenvalue weighted by molar-refractivity contribution is 5.22. The Morgan fingerprint density at radius 1 is 1.50 bits per heavy atom. The van der Waals surface area contributed by atoms with E-state index in [1.807, 2.05) is 19.3 Å². The summed E-state index contributed by atoms with van der Waals surface area (Å²) in [5, 5.41) is 3.28. The van der Waals surface area contributed by atoms with Gasteiger partial charge in [-0.25, -0.2) is 0 Å². The average Bonchev–Trinajstić information content (AvgIpc) is 2.28. The summed E-state index contributed by atoms with van der Waals surface area (Å²) in [6.45, 7) is 4.88. The fourth-order valence-electron chi connectivity index (χ4n) is 2.55. The summed E-state index contributed by atoms with van der Waals surface area (Å²) < 4.78 is 5.45. The Balaban J connectivity index is 2.25. The first-order chi connectivity index (χ1) is 7.83. The summed E-state index contributed by atoms with van der Waals surface area (Å²) >= 11 is 0. The Labute approximate surface area is 97.2 Å². The molecule has 1 atom stereocenters. The monoisotopic (exact) mass is 220 g/mol. The number of hydrogen-bond acceptors (Lipinski definition) is 3. The Bertz CT molecular complexity index is 322. The molecule has 1 aromatic heterocycles. The van der Waals surface area contributed by atoms with Crippen LogP contribution in [-0.2, 0) is 10.2 Å². The van der Waals surface area contributed by atoms with Crippen LogP contribution in [0.15, 0.2) is 24.4 Å². The molecule has 0 spiro atoms. The summed E-state index contributed by atoms with van der Waals surface area (Å²) in [4.78, 5) is 4.52. The Morgan fingerprint density at radius 2 is 2.31 bits per heavy atom. The standard InChI is InChI=1S/C13H20N2O/c1-3-11(8-14-2)13(9-16-10-13)12-6-4-5-7-15-12/h4-7,11,14H,3,8-10H2,1-2H3. The van der Waals surface area contributed by atoms with Crippen molar-refractivity contribution < 1.29 is 4.74 Å². The van der Waals surface area contributed by atoms with Crippen LogP contribution < -0.4 is 5.32 Å². The topological polar surface area (TPSA) is 34.2 Å². The molecule has 0 aromatic carbocycles. The number of rotatable bonds is 5. The van der Waals surface area contributed by atoms with Crippen LogP contribution in [0.25, 0.3) is 0 Å². The van der Waals surface area contributed by atoms with Crippen molar-refractivity contribution in [1.29, 1.82) is 0 Å². The molecule has 16 heavy (non-hydrogen) atoms. The van der Waals surface area contributed by atoms with Gasteiger partial charge in [-0.1, -0.05) is 19.4 Å². The van der Waals surface area contributed by atoms with Crippen molar-refractivity contribution in [2.45, 2.75) is 18.8 Å². The second-order valence-corrected chi connectivity index (χ2v) is 4.53. The van der Waals surface area contributed by atoms with Crippen LogP contribution in [0.5, 0.6) is 0 Å². The van der Waals surface area contributed by atoms with E-state index in [2.05, 4.69) is 29.4 Å². The van der Waals surface area contributed by atoms with Gasteiger partial charge in [-0.3, -0.25) is 4.98 Å². The van der Waals surface area contributed by atoms with Crippen LogP contribution in [0.1, 0.15) is 19.0 Å². The van der Waals surface area contributed by atoms with Crippen LogP contribution in [0.2, 0.25) is 0 Å². The molecule has 0 saturated carbocycles. The van der Waals surface area contributed by atoms with Gasteiger partial charge in [-0.2, -0.15) is 0 Å². The molecule has 0 radical (unpaired) electrons. The molecule has 1 aliphatic heterocycles. The number of nitrogens with one attached hydrogen (secondary N) is 1. The lowest BCUT2D eigenvalue weighted by Gasteiger charge is -2.46. The fourth-order valence-corrected chi connectivity index (χ4v) is 2.55. The molecule has 3 nitrogen and oxygen atoms in total. The average molecular weight is 220 g/mol. The zero-order valence-corrected chi connectivity index (χ0v) is 10.1. The van der Waals surface area contributed by atoms with Gasteiger partial charge in [0.2, 0.25) is 0 Å². The predicted molar refractivity (Wildman–Crippen MR) is 64.4 cm³/mol. The maximum absolute atomic E-state index is 5.45. The van der Waals surface area contributed by atoms with Gasteiger partial charge in [-0.05, 0) is 31.6 Å². The second kappa shape index (κ2) is 4.93. The molecule has 1 fully saturated rings. The van der Waals surface area contributed by atoms with E-state index in [1.54, 1.807) is 0 Å². The van der Waals surface area contributed by atoms with Crippen LogP contribution in [0.4, 0.5) is 0 Å². The van der Waals surface area contributed by atoms with Gasteiger partial charge in [0.25, 0.3) is 0 Å². The highest BCUT2D eigenvalue weighted by atomic mass is 16.5. The van der Waals surface area contributed by atoms with Crippen LogP contribution in [0.3, 0.4) is 0 Å². The maximum Gasteiger partial charge on any atom is 0.0633 e.